The van der Waals surface area contributed by atoms with Gasteiger partial charge in [0, 0.05) is 12.6 Å². The van der Waals surface area contributed by atoms with Crippen LogP contribution in [0.1, 0.15) is 32.6 Å². The van der Waals surface area contributed by atoms with Gasteiger partial charge in [-0.05, 0) is 25.1 Å². The smallest absolute Gasteiger partial charge is 0.162 e. The molecule has 0 aromatic heterocycles. The molecule has 0 saturated heterocycles. The normalized spacial score (nSPS) is 10.6. The van der Waals surface area contributed by atoms with Gasteiger partial charge in [-0.3, -0.25) is 0 Å². The monoisotopic (exact) mass is 257 g/mol. The highest BCUT2D eigenvalue weighted by atomic mass is 19.2. The van der Waals surface area contributed by atoms with Crippen molar-refractivity contribution < 1.29 is 13.5 Å². The van der Waals surface area contributed by atoms with E-state index in [-0.39, 0.29) is 0 Å². The van der Waals surface area contributed by atoms with E-state index in [2.05, 4.69) is 12.2 Å². The maximum absolute atomic E-state index is 12.9. The minimum absolute atomic E-state index is 0.363. The average Bonchev–Trinajstić information content (AvgIpc) is 2.37. The number of benzene rings is 1. The first kappa shape index (κ1) is 14.9. The molecule has 0 amide bonds. The summed E-state index contributed by atoms with van der Waals surface area (Å²) in [6, 6.07) is 3.57. The Labute approximate surface area is 107 Å². The maximum atomic E-state index is 12.9. The van der Waals surface area contributed by atoms with Crippen molar-refractivity contribution in [3.63, 3.8) is 0 Å². The van der Waals surface area contributed by atoms with Crippen molar-refractivity contribution in [1.29, 1.82) is 0 Å². The van der Waals surface area contributed by atoms with E-state index >= 15 is 0 Å². The van der Waals surface area contributed by atoms with Gasteiger partial charge in [0.05, 0.1) is 0 Å². The molecule has 1 aromatic carbocycles. The van der Waals surface area contributed by atoms with Crippen molar-refractivity contribution in [2.45, 2.75) is 32.6 Å². The molecule has 1 N–H and O–H groups in total. The van der Waals surface area contributed by atoms with Crippen molar-refractivity contribution in [1.82, 2.24) is 5.32 Å². The van der Waals surface area contributed by atoms with E-state index in [0.717, 1.165) is 18.7 Å². The summed E-state index contributed by atoms with van der Waals surface area (Å²) in [4.78, 5) is 0. The van der Waals surface area contributed by atoms with Crippen LogP contribution in [0.25, 0.3) is 0 Å². The SMILES string of the molecule is CCCCCCNCCOc1ccc(F)c(F)c1. The molecule has 0 unspecified atom stereocenters. The Kier molecular flexibility index (Phi) is 7.34. The summed E-state index contributed by atoms with van der Waals surface area (Å²) in [5, 5.41) is 3.25. The van der Waals surface area contributed by atoms with Crippen molar-refractivity contribution in [3.8, 4) is 5.75 Å². The first-order chi connectivity index (χ1) is 8.74. The lowest BCUT2D eigenvalue weighted by atomic mass is 10.2. The number of hydrogen-bond donors (Lipinski definition) is 1. The minimum atomic E-state index is -0.875. The summed E-state index contributed by atoms with van der Waals surface area (Å²) in [6.45, 7) is 4.33. The molecular formula is C14H21F2NO. The Bertz CT molecular complexity index is 345. The largest absolute Gasteiger partial charge is 0.492 e. The molecule has 102 valence electrons. The molecule has 0 aliphatic rings. The fourth-order valence-electron chi connectivity index (χ4n) is 1.61. The zero-order chi connectivity index (χ0) is 13.2. The number of halogens is 2. The summed E-state index contributed by atoms with van der Waals surface area (Å²) >= 11 is 0. The number of rotatable bonds is 9. The van der Waals surface area contributed by atoms with Crippen LogP contribution in [0.4, 0.5) is 8.78 Å². The molecule has 18 heavy (non-hydrogen) atoms. The van der Waals surface area contributed by atoms with Crippen LogP contribution < -0.4 is 10.1 Å². The average molecular weight is 257 g/mol. The molecule has 0 aliphatic carbocycles. The highest BCUT2D eigenvalue weighted by Gasteiger charge is 2.02. The zero-order valence-electron chi connectivity index (χ0n) is 10.8. The fourth-order valence-corrected chi connectivity index (χ4v) is 1.61. The van der Waals surface area contributed by atoms with E-state index in [0.29, 0.717) is 18.9 Å². The van der Waals surface area contributed by atoms with E-state index in [1.807, 2.05) is 0 Å². The molecule has 0 fully saturated rings. The van der Waals surface area contributed by atoms with Gasteiger partial charge in [0.2, 0.25) is 0 Å². The standard InChI is InChI=1S/C14H21F2NO/c1-2-3-4-5-8-17-9-10-18-12-6-7-13(15)14(16)11-12/h6-7,11,17H,2-5,8-10H2,1H3. The quantitative estimate of drug-likeness (QED) is 0.683. The molecule has 0 spiro atoms. The second-order valence-corrected chi connectivity index (χ2v) is 4.24. The molecule has 1 aromatic rings. The molecule has 0 saturated carbocycles. The molecule has 0 heterocycles. The number of nitrogens with one attached hydrogen (secondary N) is 1. The van der Waals surface area contributed by atoms with Gasteiger partial charge < -0.3 is 10.1 Å². The van der Waals surface area contributed by atoms with Crippen molar-refractivity contribution in [2.24, 2.45) is 0 Å². The summed E-state index contributed by atoms with van der Waals surface area (Å²) < 4.78 is 30.8. The van der Waals surface area contributed by atoms with Crippen LogP contribution in [0.3, 0.4) is 0 Å². The minimum Gasteiger partial charge on any atom is -0.492 e. The Morgan fingerprint density at radius 1 is 1.06 bits per heavy atom. The van der Waals surface area contributed by atoms with Gasteiger partial charge in [0.15, 0.2) is 11.6 Å². The van der Waals surface area contributed by atoms with Gasteiger partial charge in [-0.2, -0.15) is 0 Å². The predicted molar refractivity (Wildman–Crippen MR) is 68.9 cm³/mol. The molecule has 1 rings (SSSR count). The molecule has 0 radical (unpaired) electrons. The molecular weight excluding hydrogens is 236 g/mol. The van der Waals surface area contributed by atoms with Crippen LogP contribution in [0.2, 0.25) is 0 Å². The Hall–Kier alpha value is -1.16. The van der Waals surface area contributed by atoms with Gasteiger partial charge in [-0.15, -0.1) is 0 Å². The van der Waals surface area contributed by atoms with E-state index < -0.39 is 11.6 Å². The lowest BCUT2D eigenvalue weighted by molar-refractivity contribution is 0.310. The van der Waals surface area contributed by atoms with Gasteiger partial charge in [-0.25, -0.2) is 8.78 Å². The highest BCUT2D eigenvalue weighted by molar-refractivity contribution is 5.23. The van der Waals surface area contributed by atoms with Crippen LogP contribution in [-0.4, -0.2) is 19.7 Å². The van der Waals surface area contributed by atoms with E-state index in [4.69, 9.17) is 4.74 Å². The maximum Gasteiger partial charge on any atom is 0.162 e. The third-order valence-electron chi connectivity index (χ3n) is 2.65. The summed E-state index contributed by atoms with van der Waals surface area (Å²) in [7, 11) is 0. The molecule has 2 nitrogen and oxygen atoms in total. The second-order valence-electron chi connectivity index (χ2n) is 4.24. The first-order valence-electron chi connectivity index (χ1n) is 6.52. The fraction of sp³-hybridized carbons (Fsp3) is 0.571. The van der Waals surface area contributed by atoms with Crippen molar-refractivity contribution in [3.05, 3.63) is 29.8 Å². The third-order valence-corrected chi connectivity index (χ3v) is 2.65. The first-order valence-corrected chi connectivity index (χ1v) is 6.52. The lowest BCUT2D eigenvalue weighted by Gasteiger charge is -2.07. The Morgan fingerprint density at radius 2 is 1.89 bits per heavy atom. The van der Waals surface area contributed by atoms with Gasteiger partial charge >= 0.3 is 0 Å². The van der Waals surface area contributed by atoms with Crippen LogP contribution in [0.15, 0.2) is 18.2 Å². The molecule has 0 bridgehead atoms. The highest BCUT2D eigenvalue weighted by Crippen LogP contribution is 2.14. The molecule has 0 atom stereocenters. The van der Waals surface area contributed by atoms with Crippen LogP contribution in [0.5, 0.6) is 5.75 Å². The number of ether oxygens (including phenoxy) is 1. The number of hydrogen-bond acceptors (Lipinski definition) is 2. The molecule has 4 heteroatoms. The van der Waals surface area contributed by atoms with Gasteiger partial charge in [-0.1, -0.05) is 26.2 Å². The zero-order valence-corrected chi connectivity index (χ0v) is 10.8. The topological polar surface area (TPSA) is 21.3 Å². The predicted octanol–water partition coefficient (Wildman–Crippen LogP) is 3.51. The van der Waals surface area contributed by atoms with E-state index in [1.54, 1.807) is 0 Å². The summed E-state index contributed by atoms with van der Waals surface area (Å²) in [5.41, 5.74) is 0. The van der Waals surface area contributed by atoms with E-state index in [9.17, 15) is 8.78 Å². The van der Waals surface area contributed by atoms with E-state index in [1.165, 1.54) is 31.7 Å². The van der Waals surface area contributed by atoms with Crippen LogP contribution in [-0.2, 0) is 0 Å². The van der Waals surface area contributed by atoms with Crippen molar-refractivity contribution in [2.75, 3.05) is 19.7 Å². The third kappa shape index (κ3) is 5.96. The van der Waals surface area contributed by atoms with Crippen LogP contribution >= 0.6 is 0 Å². The molecule has 0 aliphatic heterocycles. The summed E-state index contributed by atoms with van der Waals surface area (Å²) in [6.07, 6.45) is 4.92. The second kappa shape index (κ2) is 8.86. The van der Waals surface area contributed by atoms with Gasteiger partial charge in [0.25, 0.3) is 0 Å². The Balaban J connectivity index is 2.05. The lowest BCUT2D eigenvalue weighted by Crippen LogP contribution is -2.22. The van der Waals surface area contributed by atoms with Crippen molar-refractivity contribution >= 4 is 0 Å². The van der Waals surface area contributed by atoms with Crippen LogP contribution in [0, 0.1) is 11.6 Å². The number of unbranched alkanes of at least 4 members (excludes halogenated alkanes) is 3. The Morgan fingerprint density at radius 3 is 2.61 bits per heavy atom. The van der Waals surface area contributed by atoms with Gasteiger partial charge in [0.1, 0.15) is 12.4 Å². The summed E-state index contributed by atoms with van der Waals surface area (Å²) in [5.74, 6) is -1.36.